The molecule has 42 heavy (non-hydrogen) atoms. The first-order valence-electron chi connectivity index (χ1n) is 12.9. The average molecular weight is 604 g/mol. The Morgan fingerprint density at radius 2 is 1.76 bits per heavy atom. The highest BCUT2D eigenvalue weighted by Gasteiger charge is 2.37. The Hall–Kier alpha value is -4.10. The Kier molecular flexibility index (Phi) is 8.41. The fourth-order valence-corrected chi connectivity index (χ4v) is 6.03. The lowest BCUT2D eigenvalue weighted by molar-refractivity contribution is -0.137. The summed E-state index contributed by atoms with van der Waals surface area (Å²) in [4.78, 5) is 42.6. The maximum Gasteiger partial charge on any atom is 0.417 e. The van der Waals surface area contributed by atoms with Crippen molar-refractivity contribution < 1.29 is 32.2 Å². The van der Waals surface area contributed by atoms with Crippen LogP contribution < -0.4 is 11.2 Å². The van der Waals surface area contributed by atoms with Crippen molar-refractivity contribution in [3.63, 3.8) is 0 Å². The number of carbonyl (C=O) groups is 1. The van der Waals surface area contributed by atoms with Gasteiger partial charge in [-0.05, 0) is 41.7 Å². The fraction of sp³-hybridized carbons (Fsp3) is 0.276. The van der Waals surface area contributed by atoms with E-state index in [1.54, 1.807) is 0 Å². The Morgan fingerprint density at radius 1 is 1.07 bits per heavy atom. The minimum atomic E-state index is -4.89. The van der Waals surface area contributed by atoms with Gasteiger partial charge in [0.2, 0.25) is 0 Å². The molecule has 0 saturated carbocycles. The molecule has 1 atom stereocenters. The number of carbonyl (C=O) groups excluding carboxylic acids is 1. The number of H-pyrrole nitrogens is 2. The Labute approximate surface area is 240 Å². The van der Waals surface area contributed by atoms with E-state index in [1.807, 2.05) is 35.3 Å². The summed E-state index contributed by atoms with van der Waals surface area (Å²) in [5, 5.41) is 10.4. The van der Waals surface area contributed by atoms with Gasteiger partial charge in [0.15, 0.2) is 0 Å². The van der Waals surface area contributed by atoms with Gasteiger partial charge in [0.1, 0.15) is 12.4 Å². The minimum absolute atomic E-state index is 0.0207. The zero-order valence-corrected chi connectivity index (χ0v) is 22.7. The SMILES string of the molecule is O=C(OCc1ccccc1)N1CC(C[C@@H](O)CSc2c(-c3ccc(F)cc3)c(C(F)(F)F)cc3c(=O)[nH]c(=O)[nH]c23)C1. The van der Waals surface area contributed by atoms with Gasteiger partial charge in [0.05, 0.1) is 22.6 Å². The van der Waals surface area contributed by atoms with Crippen LogP contribution in [0.15, 0.2) is 75.1 Å². The number of aromatic amines is 2. The van der Waals surface area contributed by atoms with Gasteiger partial charge in [-0.15, -0.1) is 11.8 Å². The molecule has 1 saturated heterocycles. The molecule has 0 aliphatic carbocycles. The number of ether oxygens (including phenoxy) is 1. The molecule has 1 aromatic heterocycles. The molecule has 3 aromatic carbocycles. The van der Waals surface area contributed by atoms with Crippen molar-refractivity contribution in [2.24, 2.45) is 5.92 Å². The van der Waals surface area contributed by atoms with Crippen molar-refractivity contribution in [2.75, 3.05) is 18.8 Å². The number of nitrogens with zero attached hydrogens (tertiary/aromatic N) is 1. The van der Waals surface area contributed by atoms with E-state index in [2.05, 4.69) is 4.98 Å². The number of hydrogen-bond donors (Lipinski definition) is 3. The number of nitrogens with one attached hydrogen (secondary N) is 2. The van der Waals surface area contributed by atoms with Crippen LogP contribution in [0.4, 0.5) is 22.4 Å². The maximum atomic E-state index is 14.3. The van der Waals surface area contributed by atoms with E-state index in [0.717, 1.165) is 29.5 Å². The summed E-state index contributed by atoms with van der Waals surface area (Å²) < 4.78 is 61.7. The molecule has 4 aromatic rings. The topological polar surface area (TPSA) is 115 Å². The molecular weight excluding hydrogens is 578 g/mol. The number of thioether (sulfide) groups is 1. The third-order valence-electron chi connectivity index (χ3n) is 6.88. The maximum absolute atomic E-state index is 14.3. The molecule has 13 heteroatoms. The van der Waals surface area contributed by atoms with Crippen LogP contribution in [0, 0.1) is 11.7 Å². The molecule has 8 nitrogen and oxygen atoms in total. The van der Waals surface area contributed by atoms with E-state index in [9.17, 15) is 37.1 Å². The second-order valence-electron chi connectivity index (χ2n) is 9.98. The summed E-state index contributed by atoms with van der Waals surface area (Å²) in [5.74, 6) is -0.780. The molecule has 0 radical (unpaired) electrons. The van der Waals surface area contributed by atoms with Crippen molar-refractivity contribution in [3.8, 4) is 11.1 Å². The summed E-state index contributed by atoms with van der Waals surface area (Å²) in [6.45, 7) is 0.836. The molecule has 0 spiro atoms. The largest absolute Gasteiger partial charge is 0.445 e. The van der Waals surface area contributed by atoms with Crippen LogP contribution in [0.25, 0.3) is 22.0 Å². The first kappa shape index (κ1) is 29.4. The third kappa shape index (κ3) is 6.52. The standard InChI is InChI=1S/C29H25F4N3O5S/c30-19-8-6-18(7-9-19)23-22(29(31,32)33)11-21-24(34-27(39)35-26(21)38)25(23)42-15-20(37)10-17-12-36(13-17)28(40)41-14-16-4-2-1-3-5-16/h1-9,11,17,20,37H,10,12-15H2,(H2,34,35,38,39)/t20-/m1/s1. The van der Waals surface area contributed by atoms with E-state index >= 15 is 0 Å². The lowest BCUT2D eigenvalue weighted by atomic mass is 9.94. The van der Waals surface area contributed by atoms with E-state index < -0.39 is 41.0 Å². The Balaban J connectivity index is 1.33. The number of amides is 1. The van der Waals surface area contributed by atoms with Gasteiger partial charge in [0, 0.05) is 29.3 Å². The van der Waals surface area contributed by atoms with Gasteiger partial charge in [0.25, 0.3) is 5.56 Å². The summed E-state index contributed by atoms with van der Waals surface area (Å²) in [6, 6.07) is 14.2. The van der Waals surface area contributed by atoms with Gasteiger partial charge in [-0.3, -0.25) is 9.78 Å². The molecular formula is C29H25F4N3O5S. The molecule has 5 rings (SSSR count). The molecule has 1 fully saturated rings. The smallest absolute Gasteiger partial charge is 0.417 e. The third-order valence-corrected chi connectivity index (χ3v) is 8.12. The number of fused-ring (bicyclic) bond motifs is 1. The van der Waals surface area contributed by atoms with Crippen LogP contribution in [-0.4, -0.2) is 51.0 Å². The van der Waals surface area contributed by atoms with Crippen LogP contribution in [0.3, 0.4) is 0 Å². The predicted molar refractivity (Wildman–Crippen MR) is 149 cm³/mol. The van der Waals surface area contributed by atoms with E-state index in [1.165, 1.54) is 17.0 Å². The van der Waals surface area contributed by atoms with Crippen molar-refractivity contribution in [3.05, 3.63) is 98.4 Å². The van der Waals surface area contributed by atoms with Crippen molar-refractivity contribution in [1.82, 2.24) is 14.9 Å². The zero-order valence-electron chi connectivity index (χ0n) is 21.9. The van der Waals surface area contributed by atoms with Crippen molar-refractivity contribution in [1.29, 1.82) is 0 Å². The second kappa shape index (κ2) is 12.0. The van der Waals surface area contributed by atoms with Crippen molar-refractivity contribution in [2.45, 2.75) is 30.2 Å². The van der Waals surface area contributed by atoms with Gasteiger partial charge in [-0.2, -0.15) is 13.2 Å². The monoisotopic (exact) mass is 603 g/mol. The van der Waals surface area contributed by atoms with Crippen LogP contribution in [0.1, 0.15) is 17.5 Å². The highest BCUT2D eigenvalue weighted by Crippen LogP contribution is 2.45. The van der Waals surface area contributed by atoms with Crippen LogP contribution >= 0.6 is 11.8 Å². The number of rotatable bonds is 8. The quantitative estimate of drug-likeness (QED) is 0.190. The molecule has 3 N–H and O–H groups in total. The number of aliphatic hydroxyl groups is 1. The van der Waals surface area contributed by atoms with Gasteiger partial charge in [-0.25, -0.2) is 14.0 Å². The molecule has 1 amide bonds. The summed E-state index contributed by atoms with van der Waals surface area (Å²) in [6.07, 6.45) is -6.09. The number of alkyl halides is 3. The van der Waals surface area contributed by atoms with E-state index in [-0.39, 0.29) is 51.6 Å². The minimum Gasteiger partial charge on any atom is -0.445 e. The van der Waals surface area contributed by atoms with E-state index in [4.69, 9.17) is 4.74 Å². The molecule has 0 bridgehead atoms. The number of aliphatic hydroxyl groups excluding tert-OH is 1. The second-order valence-corrected chi connectivity index (χ2v) is 11.0. The summed E-state index contributed by atoms with van der Waals surface area (Å²) >= 11 is 0.849. The van der Waals surface area contributed by atoms with Crippen LogP contribution in [-0.2, 0) is 17.5 Å². The predicted octanol–water partition coefficient (Wildman–Crippen LogP) is 5.15. The first-order valence-corrected chi connectivity index (χ1v) is 13.9. The molecule has 220 valence electrons. The highest BCUT2D eigenvalue weighted by molar-refractivity contribution is 7.99. The van der Waals surface area contributed by atoms with Crippen molar-refractivity contribution >= 4 is 28.8 Å². The molecule has 1 aliphatic heterocycles. The highest BCUT2D eigenvalue weighted by atomic mass is 32.2. The number of aromatic nitrogens is 2. The van der Waals surface area contributed by atoms with Gasteiger partial charge >= 0.3 is 18.0 Å². The average Bonchev–Trinajstić information content (AvgIpc) is 2.92. The summed E-state index contributed by atoms with van der Waals surface area (Å²) in [5.41, 5.74) is -2.64. The lowest BCUT2D eigenvalue weighted by Gasteiger charge is -2.39. The first-order chi connectivity index (χ1) is 20.0. The zero-order chi connectivity index (χ0) is 30.0. The number of benzene rings is 3. The normalized spacial score (nSPS) is 14.5. The Morgan fingerprint density at radius 3 is 2.43 bits per heavy atom. The van der Waals surface area contributed by atoms with Gasteiger partial charge < -0.3 is 19.7 Å². The molecule has 1 aliphatic rings. The fourth-order valence-electron chi connectivity index (χ4n) is 4.86. The van der Waals surface area contributed by atoms with E-state index in [0.29, 0.717) is 19.2 Å². The van der Waals surface area contributed by atoms with Crippen LogP contribution in [0.2, 0.25) is 0 Å². The number of likely N-dealkylation sites (tertiary alicyclic amines) is 1. The number of halogens is 4. The van der Waals surface area contributed by atoms with Gasteiger partial charge in [-0.1, -0.05) is 42.5 Å². The van der Waals surface area contributed by atoms with Crippen LogP contribution in [0.5, 0.6) is 0 Å². The lowest BCUT2D eigenvalue weighted by Crippen LogP contribution is -2.51. The Bertz CT molecular complexity index is 1700. The molecule has 2 heterocycles. The number of hydrogen-bond acceptors (Lipinski definition) is 6. The summed E-state index contributed by atoms with van der Waals surface area (Å²) in [7, 11) is 0. The molecule has 0 unspecified atom stereocenters.